The number of hydrogen-bond donors (Lipinski definition) is 2. The molecule has 0 aromatic carbocycles. The molecule has 4 heteroatoms. The Morgan fingerprint density at radius 3 is 2.86 bits per heavy atom. The second-order valence-corrected chi connectivity index (χ2v) is 5.98. The molecule has 1 unspecified atom stereocenters. The van der Waals surface area contributed by atoms with E-state index < -0.39 is 0 Å². The zero-order valence-corrected chi connectivity index (χ0v) is 11.0. The third kappa shape index (κ3) is 3.69. The van der Waals surface area contributed by atoms with E-state index in [2.05, 4.69) is 41.2 Å². The van der Waals surface area contributed by atoms with Gasteiger partial charge in [0.2, 0.25) is 0 Å². The first-order valence-electron chi connectivity index (χ1n) is 4.81. The molecule has 0 saturated heterocycles. The van der Waals surface area contributed by atoms with Crippen molar-refractivity contribution >= 4 is 27.3 Å². The van der Waals surface area contributed by atoms with Crippen LogP contribution in [0.15, 0.2) is 9.85 Å². The van der Waals surface area contributed by atoms with E-state index in [4.69, 9.17) is 5.73 Å². The third-order valence-corrected chi connectivity index (χ3v) is 4.27. The predicted molar refractivity (Wildman–Crippen MR) is 66.7 cm³/mol. The molecule has 0 saturated carbocycles. The van der Waals surface area contributed by atoms with E-state index in [-0.39, 0.29) is 0 Å². The van der Waals surface area contributed by atoms with Gasteiger partial charge >= 0.3 is 0 Å². The summed E-state index contributed by atoms with van der Waals surface area (Å²) in [5.41, 5.74) is 6.80. The maximum absolute atomic E-state index is 5.48. The van der Waals surface area contributed by atoms with Crippen molar-refractivity contribution in [2.75, 3.05) is 6.54 Å². The van der Waals surface area contributed by atoms with E-state index in [1.165, 1.54) is 14.2 Å². The SMILES string of the molecule is Cc1cc(CNC(C)CCN)sc1Br. The molecule has 0 aliphatic carbocycles. The monoisotopic (exact) mass is 276 g/mol. The summed E-state index contributed by atoms with van der Waals surface area (Å²) in [4.78, 5) is 1.37. The summed E-state index contributed by atoms with van der Waals surface area (Å²) in [6, 6.07) is 2.72. The molecular weight excluding hydrogens is 260 g/mol. The molecule has 1 rings (SSSR count). The van der Waals surface area contributed by atoms with Crippen molar-refractivity contribution < 1.29 is 0 Å². The lowest BCUT2D eigenvalue weighted by Gasteiger charge is -2.10. The summed E-state index contributed by atoms with van der Waals surface area (Å²) < 4.78 is 1.24. The van der Waals surface area contributed by atoms with Crippen LogP contribution in [-0.4, -0.2) is 12.6 Å². The third-order valence-electron chi connectivity index (χ3n) is 2.13. The van der Waals surface area contributed by atoms with Gasteiger partial charge in [-0.05, 0) is 54.4 Å². The fourth-order valence-corrected chi connectivity index (χ4v) is 2.82. The van der Waals surface area contributed by atoms with Crippen molar-refractivity contribution in [2.45, 2.75) is 32.9 Å². The van der Waals surface area contributed by atoms with Gasteiger partial charge in [0.05, 0.1) is 3.79 Å². The quantitative estimate of drug-likeness (QED) is 0.868. The van der Waals surface area contributed by atoms with Crippen molar-refractivity contribution in [3.63, 3.8) is 0 Å². The fraction of sp³-hybridized carbons (Fsp3) is 0.600. The summed E-state index contributed by atoms with van der Waals surface area (Å²) >= 11 is 5.32. The molecule has 80 valence electrons. The van der Waals surface area contributed by atoms with Gasteiger partial charge in [-0.3, -0.25) is 0 Å². The Morgan fingerprint density at radius 2 is 2.36 bits per heavy atom. The van der Waals surface area contributed by atoms with Gasteiger partial charge in [0, 0.05) is 17.5 Å². The van der Waals surface area contributed by atoms with Crippen LogP contribution in [-0.2, 0) is 6.54 Å². The van der Waals surface area contributed by atoms with E-state index in [1.807, 2.05) is 0 Å². The van der Waals surface area contributed by atoms with Gasteiger partial charge in [-0.1, -0.05) is 0 Å². The Morgan fingerprint density at radius 1 is 1.64 bits per heavy atom. The molecule has 1 atom stereocenters. The second-order valence-electron chi connectivity index (χ2n) is 3.53. The zero-order valence-electron chi connectivity index (χ0n) is 8.64. The molecule has 14 heavy (non-hydrogen) atoms. The molecule has 0 amide bonds. The number of thiophene rings is 1. The summed E-state index contributed by atoms with van der Waals surface area (Å²) in [5.74, 6) is 0. The van der Waals surface area contributed by atoms with Crippen LogP contribution in [0.1, 0.15) is 23.8 Å². The number of nitrogens with one attached hydrogen (secondary N) is 1. The predicted octanol–water partition coefficient (Wildman–Crippen LogP) is 2.65. The highest BCUT2D eigenvalue weighted by atomic mass is 79.9. The summed E-state index contributed by atoms with van der Waals surface area (Å²) in [6.07, 6.45) is 1.03. The Kier molecular flexibility index (Phi) is 5.09. The maximum atomic E-state index is 5.48. The molecule has 0 aliphatic rings. The van der Waals surface area contributed by atoms with Crippen LogP contribution in [0.5, 0.6) is 0 Å². The number of hydrogen-bond acceptors (Lipinski definition) is 3. The van der Waals surface area contributed by atoms with Crippen molar-refractivity contribution in [1.82, 2.24) is 5.32 Å². The van der Waals surface area contributed by atoms with Crippen molar-refractivity contribution in [3.05, 3.63) is 20.3 Å². The van der Waals surface area contributed by atoms with E-state index >= 15 is 0 Å². The number of aryl methyl sites for hydroxylation is 1. The number of nitrogens with two attached hydrogens (primary N) is 1. The lowest BCUT2D eigenvalue weighted by atomic mass is 10.2. The number of halogens is 1. The molecule has 0 bridgehead atoms. The Hall–Kier alpha value is 0.100. The molecule has 0 fully saturated rings. The molecule has 0 aliphatic heterocycles. The first kappa shape index (κ1) is 12.2. The van der Waals surface area contributed by atoms with Gasteiger partial charge in [-0.15, -0.1) is 11.3 Å². The van der Waals surface area contributed by atoms with Gasteiger partial charge in [-0.2, -0.15) is 0 Å². The minimum Gasteiger partial charge on any atom is -0.330 e. The molecule has 3 N–H and O–H groups in total. The molecule has 1 heterocycles. The summed E-state index contributed by atoms with van der Waals surface area (Å²) in [6.45, 7) is 5.98. The molecule has 2 nitrogen and oxygen atoms in total. The Bertz CT molecular complexity index is 266. The zero-order chi connectivity index (χ0) is 10.6. The highest BCUT2D eigenvalue weighted by molar-refractivity contribution is 9.11. The van der Waals surface area contributed by atoms with Crippen molar-refractivity contribution in [3.8, 4) is 0 Å². The van der Waals surface area contributed by atoms with Crippen LogP contribution < -0.4 is 11.1 Å². The normalized spacial score (nSPS) is 13.1. The molecule has 1 aromatic rings. The average Bonchev–Trinajstić information content (AvgIpc) is 2.44. The van der Waals surface area contributed by atoms with E-state index in [0.717, 1.165) is 19.5 Å². The minimum atomic E-state index is 0.501. The number of rotatable bonds is 5. The Balaban J connectivity index is 2.38. The largest absolute Gasteiger partial charge is 0.330 e. The van der Waals surface area contributed by atoms with Crippen molar-refractivity contribution in [2.24, 2.45) is 5.73 Å². The summed E-state index contributed by atoms with van der Waals surface area (Å²) in [5, 5.41) is 3.45. The van der Waals surface area contributed by atoms with E-state index in [1.54, 1.807) is 11.3 Å². The van der Waals surface area contributed by atoms with Gasteiger partial charge in [0.15, 0.2) is 0 Å². The van der Waals surface area contributed by atoms with Crippen LogP contribution in [0.2, 0.25) is 0 Å². The van der Waals surface area contributed by atoms with E-state index in [0.29, 0.717) is 6.04 Å². The first-order chi connectivity index (χ1) is 6.63. The fourth-order valence-electron chi connectivity index (χ4n) is 1.24. The van der Waals surface area contributed by atoms with E-state index in [9.17, 15) is 0 Å². The first-order valence-corrected chi connectivity index (χ1v) is 6.42. The van der Waals surface area contributed by atoms with Crippen molar-refractivity contribution in [1.29, 1.82) is 0 Å². The topological polar surface area (TPSA) is 38.0 Å². The van der Waals surface area contributed by atoms with Gasteiger partial charge in [0.1, 0.15) is 0 Å². The standard InChI is InChI=1S/C10H17BrN2S/c1-7-5-9(14-10(7)11)6-13-8(2)3-4-12/h5,8,13H,3-4,6,12H2,1-2H3. The summed E-state index contributed by atoms with van der Waals surface area (Å²) in [7, 11) is 0. The molecule has 0 spiro atoms. The Labute approximate surface area is 98.0 Å². The minimum absolute atomic E-state index is 0.501. The van der Waals surface area contributed by atoms with Crippen LogP contribution in [0.4, 0.5) is 0 Å². The van der Waals surface area contributed by atoms with Crippen LogP contribution in [0, 0.1) is 6.92 Å². The second kappa shape index (κ2) is 5.85. The van der Waals surface area contributed by atoms with Crippen LogP contribution >= 0.6 is 27.3 Å². The lowest BCUT2D eigenvalue weighted by molar-refractivity contribution is 0.522. The molecule has 0 radical (unpaired) electrons. The highest BCUT2D eigenvalue weighted by Crippen LogP contribution is 2.27. The van der Waals surface area contributed by atoms with Gasteiger partial charge in [-0.25, -0.2) is 0 Å². The molecule has 1 aromatic heterocycles. The highest BCUT2D eigenvalue weighted by Gasteiger charge is 2.04. The van der Waals surface area contributed by atoms with Crippen LogP contribution in [0.3, 0.4) is 0 Å². The average molecular weight is 277 g/mol. The van der Waals surface area contributed by atoms with Gasteiger partial charge < -0.3 is 11.1 Å². The molecular formula is C10H17BrN2S. The van der Waals surface area contributed by atoms with Crippen LogP contribution in [0.25, 0.3) is 0 Å². The smallest absolute Gasteiger partial charge is 0.0730 e. The van der Waals surface area contributed by atoms with Gasteiger partial charge in [0.25, 0.3) is 0 Å². The maximum Gasteiger partial charge on any atom is 0.0730 e. The lowest BCUT2D eigenvalue weighted by Crippen LogP contribution is -2.27.